The van der Waals surface area contributed by atoms with E-state index in [1.54, 1.807) is 10.7 Å². The molecule has 0 bridgehead atoms. The van der Waals surface area contributed by atoms with Crippen LogP contribution in [0.15, 0.2) is 18.5 Å². The molecule has 4 N–H and O–H groups in total. The number of unbranched alkanes of at least 4 members (excludes halogenated alkanes) is 1. The van der Waals surface area contributed by atoms with Crippen LogP contribution in [0.5, 0.6) is 6.01 Å². The topological polar surface area (TPSA) is 139 Å². The van der Waals surface area contributed by atoms with Crippen molar-refractivity contribution in [3.05, 3.63) is 35.3 Å². The van der Waals surface area contributed by atoms with Crippen molar-refractivity contribution >= 4 is 23.2 Å². The number of ether oxygens (including phenoxy) is 1. The van der Waals surface area contributed by atoms with E-state index in [1.807, 2.05) is 11.1 Å². The molecule has 0 aromatic carbocycles. The highest BCUT2D eigenvalue weighted by molar-refractivity contribution is 5.82. The molecule has 2 aliphatic heterocycles. The van der Waals surface area contributed by atoms with E-state index in [0.29, 0.717) is 44.1 Å². The second-order valence-electron chi connectivity index (χ2n) is 9.65. The first-order valence-electron chi connectivity index (χ1n) is 13.1. The van der Waals surface area contributed by atoms with Crippen molar-refractivity contribution in [2.75, 3.05) is 63.1 Å². The van der Waals surface area contributed by atoms with E-state index in [0.717, 1.165) is 61.7 Å². The molecule has 5 rings (SSSR count). The van der Waals surface area contributed by atoms with Gasteiger partial charge >= 0.3 is 6.01 Å². The third-order valence-corrected chi connectivity index (χ3v) is 6.89. The third kappa shape index (κ3) is 5.59. The van der Waals surface area contributed by atoms with Crippen molar-refractivity contribution in [1.82, 2.24) is 40.1 Å². The molecule has 2 fully saturated rings. The van der Waals surface area contributed by atoms with Crippen LogP contribution in [0.2, 0.25) is 0 Å². The maximum Gasteiger partial charge on any atom is 0.336 e. The number of amides is 1. The SMILES string of the molecule is CCCCOc1nc(N)c2ncc(Cc3cnc(N4CCN(C(=O)C5CNCCN5)CC4)c(C)c3)n2n1. The largest absolute Gasteiger partial charge is 0.462 e. The van der Waals surface area contributed by atoms with Crippen LogP contribution in [0.4, 0.5) is 11.6 Å². The zero-order valence-corrected chi connectivity index (χ0v) is 21.6. The molecule has 3 aromatic rings. The van der Waals surface area contributed by atoms with E-state index >= 15 is 0 Å². The van der Waals surface area contributed by atoms with Gasteiger partial charge < -0.3 is 30.9 Å². The van der Waals surface area contributed by atoms with Crippen LogP contribution in [0.1, 0.15) is 36.6 Å². The number of nitrogens with one attached hydrogen (secondary N) is 2. The number of hydrogen-bond acceptors (Lipinski definition) is 10. The molecule has 0 aliphatic carbocycles. The molecule has 12 nitrogen and oxygen atoms in total. The summed E-state index contributed by atoms with van der Waals surface area (Å²) in [5.41, 5.74) is 9.66. The lowest BCUT2D eigenvalue weighted by Gasteiger charge is -2.38. The summed E-state index contributed by atoms with van der Waals surface area (Å²) in [5.74, 6) is 1.44. The average molecular weight is 509 g/mol. The van der Waals surface area contributed by atoms with E-state index in [4.69, 9.17) is 15.5 Å². The first kappa shape index (κ1) is 25.2. The normalized spacial score (nSPS) is 18.4. The maximum atomic E-state index is 12.8. The molecule has 198 valence electrons. The van der Waals surface area contributed by atoms with E-state index in [2.05, 4.69) is 50.5 Å². The lowest BCUT2D eigenvalue weighted by molar-refractivity contribution is -0.133. The minimum atomic E-state index is -0.126. The lowest BCUT2D eigenvalue weighted by atomic mass is 10.1. The van der Waals surface area contributed by atoms with Crippen molar-refractivity contribution < 1.29 is 9.53 Å². The molecule has 1 atom stereocenters. The van der Waals surface area contributed by atoms with Crippen LogP contribution in [0, 0.1) is 6.92 Å². The Morgan fingerprint density at radius 1 is 1.19 bits per heavy atom. The average Bonchev–Trinajstić information content (AvgIpc) is 3.32. The summed E-state index contributed by atoms with van der Waals surface area (Å²) in [6, 6.07) is 2.29. The third-order valence-electron chi connectivity index (χ3n) is 6.89. The number of piperazine rings is 2. The van der Waals surface area contributed by atoms with Gasteiger partial charge in [0, 0.05) is 58.4 Å². The Balaban J connectivity index is 1.24. The number of aryl methyl sites for hydroxylation is 1. The molecule has 2 aliphatic rings. The van der Waals surface area contributed by atoms with Gasteiger partial charge in [0.25, 0.3) is 0 Å². The molecule has 5 heterocycles. The number of carbonyl (C=O) groups is 1. The Bertz CT molecular complexity index is 1230. The number of pyridine rings is 1. The number of anilines is 2. The van der Waals surface area contributed by atoms with Crippen LogP contribution in [-0.2, 0) is 11.2 Å². The van der Waals surface area contributed by atoms with Gasteiger partial charge in [-0.05, 0) is 24.5 Å². The summed E-state index contributed by atoms with van der Waals surface area (Å²) in [7, 11) is 0. The number of fused-ring (bicyclic) bond motifs is 1. The zero-order chi connectivity index (χ0) is 25.8. The number of rotatable bonds is 8. The Morgan fingerprint density at radius 2 is 2.03 bits per heavy atom. The molecule has 3 aromatic heterocycles. The van der Waals surface area contributed by atoms with Crippen molar-refractivity contribution in [3.8, 4) is 6.01 Å². The molecule has 1 amide bonds. The summed E-state index contributed by atoms with van der Waals surface area (Å²) in [6.07, 6.45) is 6.23. The van der Waals surface area contributed by atoms with Crippen LogP contribution in [-0.4, -0.2) is 93.8 Å². The van der Waals surface area contributed by atoms with Crippen LogP contribution >= 0.6 is 0 Å². The monoisotopic (exact) mass is 508 g/mol. The highest BCUT2D eigenvalue weighted by atomic mass is 16.5. The fourth-order valence-corrected chi connectivity index (χ4v) is 4.87. The second-order valence-corrected chi connectivity index (χ2v) is 9.65. The number of nitrogens with two attached hydrogens (primary N) is 1. The smallest absolute Gasteiger partial charge is 0.336 e. The van der Waals surface area contributed by atoms with Gasteiger partial charge in [0.05, 0.1) is 24.5 Å². The number of nitrogen functional groups attached to an aromatic ring is 1. The predicted octanol–water partition coefficient (Wildman–Crippen LogP) is 0.390. The van der Waals surface area contributed by atoms with Gasteiger partial charge in [0.15, 0.2) is 11.5 Å². The molecule has 37 heavy (non-hydrogen) atoms. The lowest BCUT2D eigenvalue weighted by Crippen LogP contribution is -2.59. The van der Waals surface area contributed by atoms with E-state index < -0.39 is 0 Å². The van der Waals surface area contributed by atoms with Gasteiger partial charge in [-0.15, -0.1) is 5.10 Å². The molecular formula is C25H36N10O2. The van der Waals surface area contributed by atoms with E-state index in [1.165, 1.54) is 0 Å². The number of aromatic nitrogens is 5. The Hall–Kier alpha value is -3.51. The second kappa shape index (κ2) is 11.3. The van der Waals surface area contributed by atoms with Crippen molar-refractivity contribution in [2.45, 2.75) is 39.2 Å². The summed E-state index contributed by atoms with van der Waals surface area (Å²) < 4.78 is 7.38. The fraction of sp³-hybridized carbons (Fsp3) is 0.560. The van der Waals surface area contributed by atoms with Gasteiger partial charge in [0.1, 0.15) is 5.82 Å². The van der Waals surface area contributed by atoms with Gasteiger partial charge in [-0.3, -0.25) is 4.79 Å². The summed E-state index contributed by atoms with van der Waals surface area (Å²) in [4.78, 5) is 30.5. The highest BCUT2D eigenvalue weighted by Gasteiger charge is 2.29. The molecule has 0 radical (unpaired) electrons. The van der Waals surface area contributed by atoms with Gasteiger partial charge in [-0.1, -0.05) is 19.4 Å². The quantitative estimate of drug-likeness (QED) is 0.366. The Morgan fingerprint density at radius 3 is 2.76 bits per heavy atom. The number of nitrogens with zero attached hydrogens (tertiary/aromatic N) is 7. The molecule has 0 saturated carbocycles. The summed E-state index contributed by atoms with van der Waals surface area (Å²) >= 11 is 0. The van der Waals surface area contributed by atoms with Crippen molar-refractivity contribution in [3.63, 3.8) is 0 Å². The standard InChI is InChI=1S/C25H36N10O2/c1-3-4-11-37-25-31-21(26)23-30-15-19(35(23)32-25)13-18-12-17(2)22(29-14-18)33-7-9-34(10-8-33)24(36)20-16-27-5-6-28-20/h12,14-15,20,27-28H,3-11,13,16H2,1-2H3,(H2,26,31,32). The minimum absolute atomic E-state index is 0.126. The fourth-order valence-electron chi connectivity index (χ4n) is 4.87. The van der Waals surface area contributed by atoms with Gasteiger partial charge in [-0.25, -0.2) is 14.5 Å². The van der Waals surface area contributed by atoms with Gasteiger partial charge in [-0.2, -0.15) is 4.98 Å². The van der Waals surface area contributed by atoms with Crippen LogP contribution in [0.25, 0.3) is 5.65 Å². The maximum absolute atomic E-state index is 12.8. The van der Waals surface area contributed by atoms with Crippen LogP contribution < -0.4 is 26.0 Å². The minimum Gasteiger partial charge on any atom is -0.462 e. The van der Waals surface area contributed by atoms with Crippen molar-refractivity contribution in [1.29, 1.82) is 0 Å². The van der Waals surface area contributed by atoms with E-state index in [-0.39, 0.29) is 18.0 Å². The summed E-state index contributed by atoms with van der Waals surface area (Å²) in [5, 5.41) is 11.1. The van der Waals surface area contributed by atoms with Gasteiger partial charge in [0.2, 0.25) is 5.91 Å². The van der Waals surface area contributed by atoms with E-state index in [9.17, 15) is 4.79 Å². The first-order valence-corrected chi connectivity index (χ1v) is 13.1. The molecular weight excluding hydrogens is 472 g/mol. The Labute approximate surface area is 216 Å². The molecule has 0 spiro atoms. The predicted molar refractivity (Wildman–Crippen MR) is 141 cm³/mol. The summed E-state index contributed by atoms with van der Waals surface area (Å²) in [6.45, 7) is 10.1. The van der Waals surface area contributed by atoms with Crippen LogP contribution in [0.3, 0.4) is 0 Å². The Kier molecular flexibility index (Phi) is 7.65. The molecule has 12 heteroatoms. The van der Waals surface area contributed by atoms with Crippen molar-refractivity contribution in [2.24, 2.45) is 0 Å². The highest BCUT2D eigenvalue weighted by Crippen LogP contribution is 2.22. The molecule has 2 saturated heterocycles. The number of imidazole rings is 1. The first-order chi connectivity index (χ1) is 18.0. The number of hydrogen-bond donors (Lipinski definition) is 3. The number of carbonyl (C=O) groups excluding carboxylic acids is 1. The molecule has 1 unspecified atom stereocenters. The zero-order valence-electron chi connectivity index (χ0n) is 21.6.